The number of carbonyl (C=O) groups is 4. The summed E-state index contributed by atoms with van der Waals surface area (Å²) in [4.78, 5) is 51.0. The first-order valence-corrected chi connectivity index (χ1v) is 29.0. The van der Waals surface area contributed by atoms with Crippen molar-refractivity contribution < 1.29 is 58.2 Å². The summed E-state index contributed by atoms with van der Waals surface area (Å²) in [6, 6.07) is 0. The highest BCUT2D eigenvalue weighted by Crippen LogP contribution is 2.26. The molecule has 71 heavy (non-hydrogen) atoms. The molecule has 1 aliphatic rings. The maximum atomic E-state index is 13.1. The zero-order valence-corrected chi connectivity index (χ0v) is 45.2. The van der Waals surface area contributed by atoms with Crippen molar-refractivity contribution in [3.05, 3.63) is 36.5 Å². The quantitative estimate of drug-likeness (QED) is 0.0228. The highest BCUT2D eigenvalue weighted by molar-refractivity contribution is 5.74. The molecule has 0 aliphatic carbocycles. The van der Waals surface area contributed by atoms with Crippen molar-refractivity contribution in [2.75, 3.05) is 13.2 Å². The minimum absolute atomic E-state index is 0.0636. The van der Waals surface area contributed by atoms with E-state index in [-0.39, 0.29) is 25.9 Å². The summed E-state index contributed by atoms with van der Waals surface area (Å²) in [5.41, 5.74) is 0. The highest BCUT2D eigenvalue weighted by atomic mass is 16.7. The predicted octanol–water partition coefficient (Wildman–Crippen LogP) is 14.5. The molecule has 412 valence electrons. The third kappa shape index (κ3) is 38.2. The molecule has 1 fully saturated rings. The van der Waals surface area contributed by atoms with Crippen LogP contribution >= 0.6 is 0 Å². The van der Waals surface area contributed by atoms with Gasteiger partial charge in [-0.2, -0.15) is 0 Å². The zero-order valence-electron chi connectivity index (χ0n) is 45.2. The maximum Gasteiger partial charge on any atom is 0.335 e. The molecule has 1 heterocycles. The Kier molecular flexibility index (Phi) is 44.5. The summed E-state index contributed by atoms with van der Waals surface area (Å²) in [7, 11) is 0. The predicted molar refractivity (Wildman–Crippen MR) is 285 cm³/mol. The lowest BCUT2D eigenvalue weighted by Crippen LogP contribution is -2.61. The van der Waals surface area contributed by atoms with Gasteiger partial charge in [-0.3, -0.25) is 14.4 Å². The number of ether oxygens (including phenoxy) is 5. The number of hydrogen-bond donors (Lipinski definition) is 3. The number of esters is 3. The first-order chi connectivity index (χ1) is 34.6. The van der Waals surface area contributed by atoms with Gasteiger partial charge in [-0.15, -0.1) is 0 Å². The first-order valence-electron chi connectivity index (χ1n) is 29.0. The number of rotatable bonds is 49. The van der Waals surface area contributed by atoms with Crippen LogP contribution in [0.5, 0.6) is 0 Å². The molecule has 1 rings (SSSR count). The fourth-order valence-electron chi connectivity index (χ4n) is 8.80. The van der Waals surface area contributed by atoms with Crippen LogP contribution in [0.25, 0.3) is 0 Å². The molecule has 6 unspecified atom stereocenters. The van der Waals surface area contributed by atoms with Gasteiger partial charge in [-0.25, -0.2) is 4.79 Å². The number of allylic oxidation sites excluding steroid dienone is 6. The molecule has 1 aliphatic heterocycles. The maximum absolute atomic E-state index is 13.1. The van der Waals surface area contributed by atoms with Gasteiger partial charge in [0.2, 0.25) is 0 Å². The fraction of sp³-hybridized carbons (Fsp3) is 0.831. The molecular weight excluding hydrogens is 901 g/mol. The number of aliphatic hydroxyl groups excluding tert-OH is 2. The van der Waals surface area contributed by atoms with Gasteiger partial charge in [-0.05, 0) is 51.4 Å². The molecule has 0 spiro atoms. The number of carbonyl (C=O) groups excluding carboxylic acids is 3. The van der Waals surface area contributed by atoms with Gasteiger partial charge in [0.1, 0.15) is 18.8 Å². The summed E-state index contributed by atoms with van der Waals surface area (Å²) in [5, 5.41) is 31.4. The van der Waals surface area contributed by atoms with Crippen molar-refractivity contribution in [1.82, 2.24) is 0 Å². The Morgan fingerprint density at radius 1 is 0.479 bits per heavy atom. The summed E-state index contributed by atoms with van der Waals surface area (Å²) in [6.45, 7) is 5.87. The van der Waals surface area contributed by atoms with Crippen LogP contribution in [0.15, 0.2) is 36.5 Å². The standard InChI is InChI=1S/C59H104O12/c1-4-7-10-13-16-19-22-24-26-28-31-33-36-39-42-45-51(60)67-48-50(69-52(61)46-43-40-37-35-32-29-27-25-23-20-17-14-11-8-5-2)49-68-59-57(55(64)54(63)56(71-59)58(65)66)70-53(62)47-44-41-38-34-30-21-18-15-12-9-6-3/h7,10,16,19,24,26,50,54-57,59,63-64H,4-6,8-9,11-15,17-18,20-23,25,27-49H2,1-3H3,(H,65,66)/b10-7-,19-16-,26-24-. The minimum atomic E-state index is -1.90. The van der Waals surface area contributed by atoms with Crippen LogP contribution < -0.4 is 0 Å². The van der Waals surface area contributed by atoms with E-state index < -0.39 is 67.3 Å². The molecule has 6 atom stereocenters. The Balaban J connectivity index is 2.70. The number of hydrogen-bond acceptors (Lipinski definition) is 11. The third-order valence-electron chi connectivity index (χ3n) is 13.2. The largest absolute Gasteiger partial charge is 0.479 e. The SMILES string of the molecule is CC/C=C\C/C=C\C/C=C\CCCCCCCC(=O)OCC(COC1OC(C(=O)O)C(O)C(O)C1OC(=O)CCCCCCCCCCCCC)OC(=O)CCCCCCCCCCCCCCCCC. The van der Waals surface area contributed by atoms with Gasteiger partial charge in [0.05, 0.1) is 6.61 Å². The number of carboxylic acid groups (broad SMARTS) is 1. The molecule has 0 bridgehead atoms. The van der Waals surface area contributed by atoms with Gasteiger partial charge in [-0.1, -0.05) is 231 Å². The lowest BCUT2D eigenvalue weighted by atomic mass is 9.98. The van der Waals surface area contributed by atoms with E-state index in [0.717, 1.165) is 96.3 Å². The molecular formula is C59H104O12. The molecule has 0 radical (unpaired) electrons. The van der Waals surface area contributed by atoms with E-state index in [1.165, 1.54) is 109 Å². The molecule has 12 nitrogen and oxygen atoms in total. The minimum Gasteiger partial charge on any atom is -0.479 e. The molecule has 0 amide bonds. The van der Waals surface area contributed by atoms with Gasteiger partial charge >= 0.3 is 23.9 Å². The highest BCUT2D eigenvalue weighted by Gasteiger charge is 2.50. The van der Waals surface area contributed by atoms with Gasteiger partial charge in [0.15, 0.2) is 24.6 Å². The molecule has 0 aromatic heterocycles. The number of unbranched alkanes of at least 4 members (excludes halogenated alkanes) is 29. The number of aliphatic hydroxyl groups is 2. The van der Waals surface area contributed by atoms with E-state index in [1.807, 2.05) is 0 Å². The Morgan fingerprint density at radius 3 is 1.35 bits per heavy atom. The van der Waals surface area contributed by atoms with Crippen LogP contribution in [-0.2, 0) is 42.9 Å². The van der Waals surface area contributed by atoms with Crippen molar-refractivity contribution >= 4 is 23.9 Å². The number of aliphatic carboxylic acids is 1. The molecule has 3 N–H and O–H groups in total. The average molecular weight is 1010 g/mol. The fourth-order valence-corrected chi connectivity index (χ4v) is 8.80. The Labute approximate surface area is 431 Å². The van der Waals surface area contributed by atoms with E-state index in [4.69, 9.17) is 23.7 Å². The zero-order chi connectivity index (χ0) is 51.8. The van der Waals surface area contributed by atoms with Crippen molar-refractivity contribution in [3.8, 4) is 0 Å². The van der Waals surface area contributed by atoms with Crippen LogP contribution in [0, 0.1) is 0 Å². The molecule has 0 aromatic carbocycles. The second-order valence-corrected chi connectivity index (χ2v) is 19.9. The molecule has 12 heteroatoms. The molecule has 0 aromatic rings. The summed E-state index contributed by atoms with van der Waals surface area (Å²) in [5.74, 6) is -3.12. The van der Waals surface area contributed by atoms with Gasteiger partial charge in [0.25, 0.3) is 0 Å². The number of carboxylic acids is 1. The van der Waals surface area contributed by atoms with Crippen molar-refractivity contribution in [2.45, 2.75) is 302 Å². The monoisotopic (exact) mass is 1000 g/mol. The van der Waals surface area contributed by atoms with Crippen LogP contribution in [0.4, 0.5) is 0 Å². The van der Waals surface area contributed by atoms with Crippen LogP contribution in [0.1, 0.15) is 265 Å². The smallest absolute Gasteiger partial charge is 0.335 e. The van der Waals surface area contributed by atoms with Crippen molar-refractivity contribution in [3.63, 3.8) is 0 Å². The Bertz CT molecular complexity index is 1380. The van der Waals surface area contributed by atoms with E-state index in [0.29, 0.717) is 19.3 Å². The Morgan fingerprint density at radius 2 is 0.887 bits per heavy atom. The normalized spacial score (nSPS) is 18.7. The van der Waals surface area contributed by atoms with E-state index in [1.54, 1.807) is 0 Å². The van der Waals surface area contributed by atoms with Gasteiger partial charge in [0, 0.05) is 19.3 Å². The second-order valence-electron chi connectivity index (χ2n) is 19.9. The Hall–Kier alpha value is -3.06. The summed E-state index contributed by atoms with van der Waals surface area (Å²) in [6.07, 6.45) is 42.6. The molecule has 0 saturated carbocycles. The van der Waals surface area contributed by atoms with Crippen molar-refractivity contribution in [2.24, 2.45) is 0 Å². The lowest BCUT2D eigenvalue weighted by molar-refractivity contribution is -0.301. The van der Waals surface area contributed by atoms with E-state index >= 15 is 0 Å². The summed E-state index contributed by atoms with van der Waals surface area (Å²) < 4.78 is 28.4. The van der Waals surface area contributed by atoms with Crippen molar-refractivity contribution in [1.29, 1.82) is 0 Å². The van der Waals surface area contributed by atoms with Crippen LogP contribution in [-0.4, -0.2) is 89.2 Å². The van der Waals surface area contributed by atoms with Gasteiger partial charge < -0.3 is 39.0 Å². The third-order valence-corrected chi connectivity index (χ3v) is 13.2. The van der Waals surface area contributed by atoms with Crippen LogP contribution in [0.2, 0.25) is 0 Å². The summed E-state index contributed by atoms with van der Waals surface area (Å²) >= 11 is 0. The lowest BCUT2D eigenvalue weighted by Gasteiger charge is -2.40. The topological polar surface area (TPSA) is 175 Å². The molecule has 1 saturated heterocycles. The van der Waals surface area contributed by atoms with Crippen LogP contribution in [0.3, 0.4) is 0 Å². The average Bonchev–Trinajstić information content (AvgIpc) is 3.35. The second kappa shape index (κ2) is 47.9. The van der Waals surface area contributed by atoms with E-state index in [9.17, 15) is 34.5 Å². The van der Waals surface area contributed by atoms with E-state index in [2.05, 4.69) is 57.2 Å². The first kappa shape index (κ1) is 66.0.